The zero-order valence-corrected chi connectivity index (χ0v) is 17.9. The zero-order valence-electron chi connectivity index (χ0n) is 17.9. The first-order valence-electron chi connectivity index (χ1n) is 10.3. The SMILES string of the molecule is COC[C@H](C)N(Cc1ccc(F)cc1)C(=O)c1cc(-c2ccncc2)c2cnccc2n1. The van der Waals surface area contributed by atoms with E-state index in [0.29, 0.717) is 24.4 Å². The minimum atomic E-state index is -0.316. The smallest absolute Gasteiger partial charge is 0.273 e. The van der Waals surface area contributed by atoms with Gasteiger partial charge in [-0.05, 0) is 60.0 Å². The van der Waals surface area contributed by atoms with Crippen LogP contribution in [0, 0.1) is 5.82 Å². The highest BCUT2D eigenvalue weighted by atomic mass is 19.1. The van der Waals surface area contributed by atoms with Gasteiger partial charge in [-0.1, -0.05) is 12.1 Å². The van der Waals surface area contributed by atoms with Crippen molar-refractivity contribution in [3.8, 4) is 11.1 Å². The second-order valence-electron chi connectivity index (χ2n) is 7.55. The molecule has 4 rings (SSSR count). The van der Waals surface area contributed by atoms with Gasteiger partial charge in [-0.25, -0.2) is 9.37 Å². The van der Waals surface area contributed by atoms with Crippen molar-refractivity contribution in [1.82, 2.24) is 19.9 Å². The van der Waals surface area contributed by atoms with Gasteiger partial charge in [-0.15, -0.1) is 0 Å². The summed E-state index contributed by atoms with van der Waals surface area (Å²) in [5.41, 5.74) is 3.60. The van der Waals surface area contributed by atoms with E-state index in [9.17, 15) is 9.18 Å². The number of hydrogen-bond donors (Lipinski definition) is 0. The summed E-state index contributed by atoms with van der Waals surface area (Å²) in [7, 11) is 1.60. The van der Waals surface area contributed by atoms with Crippen molar-refractivity contribution in [2.24, 2.45) is 0 Å². The number of amides is 1. The van der Waals surface area contributed by atoms with Gasteiger partial charge in [-0.2, -0.15) is 0 Å². The molecule has 0 fully saturated rings. The molecule has 0 aliphatic rings. The molecule has 0 aliphatic carbocycles. The molecule has 0 N–H and O–H groups in total. The van der Waals surface area contributed by atoms with Crippen LogP contribution in [-0.4, -0.2) is 45.5 Å². The number of carbonyl (C=O) groups excluding carboxylic acids is 1. The van der Waals surface area contributed by atoms with E-state index in [0.717, 1.165) is 22.1 Å². The Kier molecular flexibility index (Phi) is 6.47. The first kappa shape index (κ1) is 21.5. The number of aromatic nitrogens is 3. The van der Waals surface area contributed by atoms with E-state index >= 15 is 0 Å². The lowest BCUT2D eigenvalue weighted by Gasteiger charge is -2.29. The summed E-state index contributed by atoms with van der Waals surface area (Å²) in [5.74, 6) is -0.545. The van der Waals surface area contributed by atoms with Crippen LogP contribution >= 0.6 is 0 Å². The lowest BCUT2D eigenvalue weighted by Crippen LogP contribution is -2.41. The third-order valence-electron chi connectivity index (χ3n) is 5.29. The van der Waals surface area contributed by atoms with Gasteiger partial charge >= 0.3 is 0 Å². The summed E-state index contributed by atoms with van der Waals surface area (Å²) in [5, 5.41) is 0.852. The Labute approximate surface area is 185 Å². The van der Waals surface area contributed by atoms with E-state index in [-0.39, 0.29) is 17.8 Å². The molecule has 162 valence electrons. The Morgan fingerprint density at radius 1 is 1.06 bits per heavy atom. The number of methoxy groups -OCH3 is 1. The summed E-state index contributed by atoms with van der Waals surface area (Å²) < 4.78 is 18.7. The van der Waals surface area contributed by atoms with Gasteiger partial charge in [0.1, 0.15) is 11.5 Å². The van der Waals surface area contributed by atoms with Gasteiger partial charge in [0, 0.05) is 43.8 Å². The largest absolute Gasteiger partial charge is 0.383 e. The van der Waals surface area contributed by atoms with Crippen molar-refractivity contribution in [2.75, 3.05) is 13.7 Å². The molecule has 3 heterocycles. The van der Waals surface area contributed by atoms with E-state index in [1.165, 1.54) is 12.1 Å². The topological polar surface area (TPSA) is 68.2 Å². The van der Waals surface area contributed by atoms with Crippen molar-refractivity contribution >= 4 is 16.8 Å². The second-order valence-corrected chi connectivity index (χ2v) is 7.55. The van der Waals surface area contributed by atoms with Crippen LogP contribution in [0.2, 0.25) is 0 Å². The molecule has 1 atom stereocenters. The fourth-order valence-electron chi connectivity index (χ4n) is 3.64. The minimum absolute atomic E-state index is 0.211. The molecule has 32 heavy (non-hydrogen) atoms. The van der Waals surface area contributed by atoms with Gasteiger partial charge in [0.15, 0.2) is 0 Å². The molecular formula is C25H23FN4O2. The van der Waals surface area contributed by atoms with Gasteiger partial charge in [-0.3, -0.25) is 14.8 Å². The Morgan fingerprint density at radius 3 is 2.50 bits per heavy atom. The predicted molar refractivity (Wildman–Crippen MR) is 120 cm³/mol. The van der Waals surface area contributed by atoms with Crippen molar-refractivity contribution in [2.45, 2.75) is 19.5 Å². The highest BCUT2D eigenvalue weighted by Crippen LogP contribution is 2.28. The van der Waals surface area contributed by atoms with Crippen molar-refractivity contribution in [1.29, 1.82) is 0 Å². The molecule has 4 aromatic rings. The normalized spacial score (nSPS) is 12.0. The predicted octanol–water partition coefficient (Wildman–Crippen LogP) is 4.51. The maximum Gasteiger partial charge on any atom is 0.273 e. The van der Waals surface area contributed by atoms with Crippen LogP contribution in [0.3, 0.4) is 0 Å². The molecule has 1 amide bonds. The molecule has 0 aliphatic heterocycles. The Hall–Kier alpha value is -3.71. The third-order valence-corrected chi connectivity index (χ3v) is 5.29. The van der Waals surface area contributed by atoms with Gasteiger partial charge in [0.05, 0.1) is 18.2 Å². The molecular weight excluding hydrogens is 407 g/mol. The van der Waals surface area contributed by atoms with Crippen LogP contribution in [0.4, 0.5) is 4.39 Å². The third kappa shape index (κ3) is 4.63. The molecule has 0 spiro atoms. The number of carbonyl (C=O) groups is 1. The van der Waals surface area contributed by atoms with Crippen molar-refractivity contribution in [3.63, 3.8) is 0 Å². The van der Waals surface area contributed by atoms with E-state index < -0.39 is 0 Å². The molecule has 6 nitrogen and oxygen atoms in total. The maximum absolute atomic E-state index is 13.7. The Balaban J connectivity index is 1.77. The zero-order chi connectivity index (χ0) is 22.5. The summed E-state index contributed by atoms with van der Waals surface area (Å²) in [6.07, 6.45) is 6.82. The number of nitrogens with zero attached hydrogens (tertiary/aromatic N) is 4. The van der Waals surface area contributed by atoms with Crippen LogP contribution in [0.15, 0.2) is 73.3 Å². The van der Waals surface area contributed by atoms with Crippen LogP contribution in [0.25, 0.3) is 22.0 Å². The first-order valence-corrected chi connectivity index (χ1v) is 10.3. The van der Waals surface area contributed by atoms with Crippen LogP contribution in [-0.2, 0) is 11.3 Å². The number of pyridine rings is 3. The summed E-state index contributed by atoms with van der Waals surface area (Å²) >= 11 is 0. The quantitative estimate of drug-likeness (QED) is 0.432. The first-order chi connectivity index (χ1) is 15.6. The molecule has 0 radical (unpaired) electrons. The fraction of sp³-hybridized carbons (Fsp3) is 0.200. The van der Waals surface area contributed by atoms with Crippen molar-refractivity contribution < 1.29 is 13.9 Å². The Morgan fingerprint density at radius 2 is 1.78 bits per heavy atom. The van der Waals surface area contributed by atoms with Crippen molar-refractivity contribution in [3.05, 3.63) is 90.4 Å². The molecule has 0 saturated heterocycles. The highest BCUT2D eigenvalue weighted by molar-refractivity contribution is 6.01. The second kappa shape index (κ2) is 9.62. The number of hydrogen-bond acceptors (Lipinski definition) is 5. The molecule has 0 bridgehead atoms. The number of rotatable bonds is 7. The lowest BCUT2D eigenvalue weighted by atomic mass is 10.0. The summed E-state index contributed by atoms with van der Waals surface area (Å²) in [6.45, 7) is 2.59. The lowest BCUT2D eigenvalue weighted by molar-refractivity contribution is 0.0537. The molecule has 7 heteroatoms. The number of benzene rings is 1. The van der Waals surface area contributed by atoms with E-state index in [1.54, 1.807) is 61.1 Å². The van der Waals surface area contributed by atoms with E-state index in [4.69, 9.17) is 4.74 Å². The monoisotopic (exact) mass is 430 g/mol. The highest BCUT2D eigenvalue weighted by Gasteiger charge is 2.24. The van der Waals surface area contributed by atoms with E-state index in [2.05, 4.69) is 15.0 Å². The fourth-order valence-corrected chi connectivity index (χ4v) is 3.64. The average molecular weight is 430 g/mol. The standard InChI is InChI=1S/C25H23FN4O2/c1-17(16-32-2)30(15-18-3-5-20(26)6-4-18)25(31)24-13-21(19-7-10-27-11-8-19)22-14-28-12-9-23(22)29-24/h3-14,17H,15-16H2,1-2H3/t17-/m0/s1. The summed E-state index contributed by atoms with van der Waals surface area (Å²) in [6, 6.07) is 13.3. The number of ether oxygens (including phenoxy) is 1. The molecule has 1 aromatic carbocycles. The van der Waals surface area contributed by atoms with Crippen LogP contribution in [0.1, 0.15) is 23.0 Å². The van der Waals surface area contributed by atoms with Gasteiger partial charge < -0.3 is 9.64 Å². The van der Waals surface area contributed by atoms with E-state index in [1.807, 2.05) is 19.1 Å². The van der Waals surface area contributed by atoms with Crippen LogP contribution < -0.4 is 0 Å². The number of halogens is 1. The summed E-state index contributed by atoms with van der Waals surface area (Å²) in [4.78, 5) is 28.3. The molecule has 3 aromatic heterocycles. The van der Waals surface area contributed by atoms with Crippen LogP contribution in [0.5, 0.6) is 0 Å². The Bertz CT molecular complexity index is 1220. The van der Waals surface area contributed by atoms with Gasteiger partial charge in [0.2, 0.25) is 0 Å². The molecule has 0 saturated carbocycles. The minimum Gasteiger partial charge on any atom is -0.383 e. The average Bonchev–Trinajstić information content (AvgIpc) is 2.83. The molecule has 0 unspecified atom stereocenters. The van der Waals surface area contributed by atoms with Gasteiger partial charge in [0.25, 0.3) is 5.91 Å². The maximum atomic E-state index is 13.7. The number of fused-ring (bicyclic) bond motifs is 1.